The maximum absolute atomic E-state index is 11.9. The molecule has 1 saturated heterocycles. The van der Waals surface area contributed by atoms with Crippen molar-refractivity contribution in [2.45, 2.75) is 12.5 Å². The van der Waals surface area contributed by atoms with E-state index in [1.54, 1.807) is 24.3 Å². The molecule has 18 heavy (non-hydrogen) atoms. The van der Waals surface area contributed by atoms with Crippen LogP contribution >= 0.6 is 0 Å². The van der Waals surface area contributed by atoms with Crippen LogP contribution in [-0.4, -0.2) is 30.1 Å². The molecule has 1 aliphatic rings. The first-order valence-electron chi connectivity index (χ1n) is 5.85. The highest BCUT2D eigenvalue weighted by atomic mass is 16.4. The topological polar surface area (TPSA) is 78.4 Å². The fourth-order valence-electron chi connectivity index (χ4n) is 1.84. The summed E-state index contributed by atoms with van der Waals surface area (Å²) >= 11 is 0. The van der Waals surface area contributed by atoms with E-state index in [4.69, 9.17) is 0 Å². The molecule has 5 heteroatoms. The van der Waals surface area contributed by atoms with Gasteiger partial charge >= 0.3 is 5.97 Å². The predicted octanol–water partition coefficient (Wildman–Crippen LogP) is 0.322. The Morgan fingerprint density at radius 2 is 1.94 bits per heavy atom. The minimum Gasteiger partial charge on any atom is -0.479 e. The molecule has 1 aromatic carbocycles. The molecule has 1 aliphatic heterocycles. The zero-order valence-corrected chi connectivity index (χ0v) is 10.1. The quantitative estimate of drug-likeness (QED) is 0.717. The molecule has 3 N–H and O–H groups in total. The van der Waals surface area contributed by atoms with Gasteiger partial charge in [0.25, 0.3) is 0 Å². The van der Waals surface area contributed by atoms with Gasteiger partial charge in [0, 0.05) is 13.1 Å². The number of hydrogen-bond acceptors (Lipinski definition) is 3. The third-order valence-corrected chi connectivity index (χ3v) is 3.30. The van der Waals surface area contributed by atoms with Crippen molar-refractivity contribution in [1.29, 1.82) is 0 Å². The van der Waals surface area contributed by atoms with Gasteiger partial charge in [-0.1, -0.05) is 30.3 Å². The Morgan fingerprint density at radius 3 is 2.39 bits per heavy atom. The number of amides is 1. The first-order chi connectivity index (χ1) is 8.54. The fourth-order valence-corrected chi connectivity index (χ4v) is 1.84. The minimum atomic E-state index is -1.38. The van der Waals surface area contributed by atoms with E-state index in [0.717, 1.165) is 0 Å². The summed E-state index contributed by atoms with van der Waals surface area (Å²) in [5, 5.41) is 15.0. The van der Waals surface area contributed by atoms with Crippen molar-refractivity contribution in [2.24, 2.45) is 5.92 Å². The number of nitrogens with one attached hydrogen (secondary N) is 2. The summed E-state index contributed by atoms with van der Waals surface area (Å²) in [5.41, 5.74) is -0.813. The van der Waals surface area contributed by atoms with Gasteiger partial charge in [0.05, 0.1) is 5.92 Å². The van der Waals surface area contributed by atoms with E-state index in [1.807, 2.05) is 6.07 Å². The van der Waals surface area contributed by atoms with Gasteiger partial charge < -0.3 is 15.7 Å². The molecule has 5 nitrogen and oxygen atoms in total. The van der Waals surface area contributed by atoms with Crippen molar-refractivity contribution in [3.63, 3.8) is 0 Å². The smallest absolute Gasteiger partial charge is 0.333 e. The van der Waals surface area contributed by atoms with Crippen molar-refractivity contribution >= 4 is 11.9 Å². The van der Waals surface area contributed by atoms with E-state index < -0.39 is 11.5 Å². The molecule has 1 aromatic rings. The van der Waals surface area contributed by atoms with E-state index in [2.05, 4.69) is 10.6 Å². The van der Waals surface area contributed by atoms with E-state index in [9.17, 15) is 14.7 Å². The average molecular weight is 248 g/mol. The predicted molar refractivity (Wildman–Crippen MR) is 65.9 cm³/mol. The monoisotopic (exact) mass is 248 g/mol. The van der Waals surface area contributed by atoms with Crippen LogP contribution in [0.15, 0.2) is 30.3 Å². The van der Waals surface area contributed by atoms with E-state index in [0.29, 0.717) is 18.7 Å². The zero-order valence-electron chi connectivity index (χ0n) is 10.1. The van der Waals surface area contributed by atoms with Gasteiger partial charge in [0.1, 0.15) is 0 Å². The normalized spacial score (nSPS) is 18.5. The number of benzene rings is 1. The van der Waals surface area contributed by atoms with E-state index in [-0.39, 0.29) is 11.8 Å². The standard InChI is InChI=1S/C13H16N2O3/c1-13(12(17)18,10-5-3-2-4-6-10)15-11(16)9-7-14-8-9/h2-6,9,14H,7-8H2,1H3,(H,15,16)(H,17,18). The van der Waals surface area contributed by atoms with Crippen LogP contribution < -0.4 is 10.6 Å². The number of rotatable bonds is 4. The van der Waals surface area contributed by atoms with Crippen LogP contribution in [0.1, 0.15) is 12.5 Å². The molecule has 1 atom stereocenters. The molecule has 0 saturated carbocycles. The summed E-state index contributed by atoms with van der Waals surface area (Å²) in [6.45, 7) is 2.72. The van der Waals surface area contributed by atoms with Crippen molar-refractivity contribution < 1.29 is 14.7 Å². The molecule has 1 amide bonds. The van der Waals surface area contributed by atoms with Gasteiger partial charge in [-0.25, -0.2) is 4.79 Å². The van der Waals surface area contributed by atoms with Crippen LogP contribution in [0.4, 0.5) is 0 Å². The molecule has 0 radical (unpaired) electrons. The summed E-state index contributed by atoms with van der Waals surface area (Å²) in [4.78, 5) is 23.4. The molecule has 1 unspecified atom stereocenters. The number of carbonyl (C=O) groups is 2. The van der Waals surface area contributed by atoms with Gasteiger partial charge in [-0.15, -0.1) is 0 Å². The number of carboxylic acids is 1. The van der Waals surface area contributed by atoms with Crippen LogP contribution in [0, 0.1) is 5.92 Å². The maximum atomic E-state index is 11.9. The third kappa shape index (κ3) is 2.22. The lowest BCUT2D eigenvalue weighted by atomic mass is 9.90. The molecule has 1 heterocycles. The van der Waals surface area contributed by atoms with Crippen molar-refractivity contribution in [2.75, 3.05) is 13.1 Å². The summed E-state index contributed by atoms with van der Waals surface area (Å²) in [5.74, 6) is -1.41. The highest BCUT2D eigenvalue weighted by Crippen LogP contribution is 2.22. The second-order valence-electron chi connectivity index (χ2n) is 4.64. The van der Waals surface area contributed by atoms with E-state index >= 15 is 0 Å². The van der Waals surface area contributed by atoms with Gasteiger partial charge in [-0.05, 0) is 12.5 Å². The molecular weight excluding hydrogens is 232 g/mol. The van der Waals surface area contributed by atoms with Crippen LogP contribution in [0.2, 0.25) is 0 Å². The second-order valence-corrected chi connectivity index (χ2v) is 4.64. The zero-order chi connectivity index (χ0) is 13.2. The van der Waals surface area contributed by atoms with Crippen LogP contribution in [0.25, 0.3) is 0 Å². The Kier molecular flexibility index (Phi) is 3.34. The molecule has 0 aliphatic carbocycles. The Labute approximate surface area is 105 Å². The van der Waals surface area contributed by atoms with Crippen molar-refractivity contribution in [3.8, 4) is 0 Å². The summed E-state index contributed by atoms with van der Waals surface area (Å²) in [6, 6.07) is 8.73. The van der Waals surface area contributed by atoms with Crippen molar-refractivity contribution in [3.05, 3.63) is 35.9 Å². The van der Waals surface area contributed by atoms with Crippen molar-refractivity contribution in [1.82, 2.24) is 10.6 Å². The highest BCUT2D eigenvalue weighted by molar-refractivity contribution is 5.89. The molecule has 0 spiro atoms. The maximum Gasteiger partial charge on any atom is 0.333 e. The Hall–Kier alpha value is -1.88. The van der Waals surface area contributed by atoms with Gasteiger partial charge in [0.15, 0.2) is 5.54 Å². The minimum absolute atomic E-state index is 0.132. The molecule has 96 valence electrons. The number of carbonyl (C=O) groups excluding carboxylic acids is 1. The van der Waals surface area contributed by atoms with Crippen LogP contribution in [0.5, 0.6) is 0 Å². The first-order valence-corrected chi connectivity index (χ1v) is 5.85. The average Bonchev–Trinajstić information content (AvgIpc) is 2.27. The SMILES string of the molecule is CC(NC(=O)C1CNC1)(C(=O)O)c1ccccc1. The lowest BCUT2D eigenvalue weighted by Gasteiger charge is -2.32. The third-order valence-electron chi connectivity index (χ3n) is 3.30. The number of hydrogen-bond donors (Lipinski definition) is 3. The lowest BCUT2D eigenvalue weighted by Crippen LogP contribution is -2.57. The molecule has 0 bridgehead atoms. The van der Waals surface area contributed by atoms with Gasteiger partial charge in [-0.2, -0.15) is 0 Å². The van der Waals surface area contributed by atoms with Crippen LogP contribution in [0.3, 0.4) is 0 Å². The van der Waals surface area contributed by atoms with Gasteiger partial charge in [-0.3, -0.25) is 4.79 Å². The largest absolute Gasteiger partial charge is 0.479 e. The Balaban J connectivity index is 2.21. The number of aliphatic carboxylic acids is 1. The molecular formula is C13H16N2O3. The summed E-state index contributed by atoms with van der Waals surface area (Å²) < 4.78 is 0. The molecule has 0 aromatic heterocycles. The summed E-state index contributed by atoms with van der Waals surface area (Å²) in [6.07, 6.45) is 0. The molecule has 2 rings (SSSR count). The number of carboxylic acid groups (broad SMARTS) is 1. The van der Waals surface area contributed by atoms with E-state index in [1.165, 1.54) is 6.92 Å². The summed E-state index contributed by atoms with van der Waals surface area (Å²) in [7, 11) is 0. The fraction of sp³-hybridized carbons (Fsp3) is 0.385. The van der Waals surface area contributed by atoms with Crippen LogP contribution in [-0.2, 0) is 15.1 Å². The second kappa shape index (κ2) is 4.78. The molecule has 1 fully saturated rings. The lowest BCUT2D eigenvalue weighted by molar-refractivity contribution is -0.148. The van der Waals surface area contributed by atoms with Gasteiger partial charge in [0.2, 0.25) is 5.91 Å². The Bertz CT molecular complexity index is 457. The Morgan fingerprint density at radius 1 is 1.33 bits per heavy atom. The highest BCUT2D eigenvalue weighted by Gasteiger charge is 2.39. The first kappa shape index (κ1) is 12.6.